The van der Waals surface area contributed by atoms with Crippen molar-refractivity contribution in [3.8, 4) is 0 Å². The van der Waals surface area contributed by atoms with Gasteiger partial charge >= 0.3 is 0 Å². The Balaban J connectivity index is 2.04. The minimum Gasteiger partial charge on any atom is -0.383 e. The highest BCUT2D eigenvalue weighted by Crippen LogP contribution is 2.33. The lowest BCUT2D eigenvalue weighted by Crippen LogP contribution is -2.19. The predicted molar refractivity (Wildman–Crippen MR) is 118 cm³/mol. The molecule has 28 heavy (non-hydrogen) atoms. The maximum absolute atomic E-state index is 12.8. The molecule has 3 rings (SSSR count). The number of carbonyl (C=O) groups excluding carboxylic acids is 1. The van der Waals surface area contributed by atoms with Crippen molar-refractivity contribution >= 4 is 51.4 Å². The van der Waals surface area contributed by atoms with Crippen LogP contribution in [0.3, 0.4) is 0 Å². The summed E-state index contributed by atoms with van der Waals surface area (Å²) in [6, 6.07) is 10.7. The molecule has 7 heteroatoms. The molecule has 0 aliphatic rings. The number of carbonyl (C=O) groups is 1. The van der Waals surface area contributed by atoms with E-state index in [1.165, 1.54) is 0 Å². The molecule has 0 saturated heterocycles. The number of para-hydroxylation sites is 1. The number of hydrogen-bond acceptors (Lipinski definition) is 4. The van der Waals surface area contributed by atoms with Gasteiger partial charge in [0.25, 0.3) is 5.91 Å². The normalized spacial score (nSPS) is 10.9. The van der Waals surface area contributed by atoms with E-state index in [-0.39, 0.29) is 11.5 Å². The van der Waals surface area contributed by atoms with Crippen molar-refractivity contribution in [1.29, 1.82) is 0 Å². The number of aromatic nitrogens is 1. The number of halogens is 2. The van der Waals surface area contributed by atoms with Crippen LogP contribution >= 0.6 is 23.2 Å². The average molecular weight is 417 g/mol. The van der Waals surface area contributed by atoms with E-state index in [9.17, 15) is 4.79 Å². The van der Waals surface area contributed by atoms with E-state index in [1.54, 1.807) is 18.2 Å². The number of benzene rings is 2. The highest BCUT2D eigenvalue weighted by molar-refractivity contribution is 6.40. The molecule has 0 bridgehead atoms. The van der Waals surface area contributed by atoms with E-state index in [0.29, 0.717) is 21.2 Å². The van der Waals surface area contributed by atoms with Gasteiger partial charge in [0.2, 0.25) is 0 Å². The Morgan fingerprint density at radius 1 is 1.04 bits per heavy atom. The second-order valence-electron chi connectivity index (χ2n) is 6.48. The quantitative estimate of drug-likeness (QED) is 0.492. The molecule has 0 saturated carbocycles. The number of fused-ring (bicyclic) bond motifs is 1. The monoisotopic (exact) mass is 416 g/mol. The summed E-state index contributed by atoms with van der Waals surface area (Å²) in [5.41, 5.74) is 4.58. The number of likely N-dealkylation sites (N-methyl/N-ethyl adjacent to an activating group) is 1. The van der Waals surface area contributed by atoms with Gasteiger partial charge in [0.15, 0.2) is 0 Å². The molecule has 5 nitrogen and oxygen atoms in total. The van der Waals surface area contributed by atoms with Crippen LogP contribution in [0, 0.1) is 13.8 Å². The molecule has 1 amide bonds. The first-order valence-electron chi connectivity index (χ1n) is 8.97. The van der Waals surface area contributed by atoms with Crippen LogP contribution in [0.5, 0.6) is 0 Å². The fraction of sp³-hybridized carbons (Fsp3) is 0.238. The molecule has 0 fully saturated rings. The minimum absolute atomic E-state index is 0.249. The first-order chi connectivity index (χ1) is 13.4. The van der Waals surface area contributed by atoms with Gasteiger partial charge in [0.05, 0.1) is 26.8 Å². The molecule has 3 N–H and O–H groups in total. The minimum atomic E-state index is -0.368. The molecule has 0 radical (unpaired) electrons. The van der Waals surface area contributed by atoms with Crippen molar-refractivity contribution in [2.75, 3.05) is 30.8 Å². The Morgan fingerprint density at radius 3 is 2.39 bits per heavy atom. The van der Waals surface area contributed by atoms with Crippen LogP contribution < -0.4 is 16.0 Å². The van der Waals surface area contributed by atoms with Crippen LogP contribution in [-0.2, 0) is 0 Å². The Morgan fingerprint density at radius 2 is 1.71 bits per heavy atom. The van der Waals surface area contributed by atoms with Gasteiger partial charge in [-0.25, -0.2) is 0 Å². The Kier molecular flexibility index (Phi) is 6.39. The number of pyridine rings is 1. The van der Waals surface area contributed by atoms with E-state index in [1.807, 2.05) is 39.1 Å². The summed E-state index contributed by atoms with van der Waals surface area (Å²) in [5, 5.41) is 11.1. The van der Waals surface area contributed by atoms with Gasteiger partial charge < -0.3 is 16.0 Å². The van der Waals surface area contributed by atoms with Crippen molar-refractivity contribution < 1.29 is 4.79 Å². The van der Waals surface area contributed by atoms with Gasteiger partial charge in [-0.2, -0.15) is 0 Å². The second-order valence-corrected chi connectivity index (χ2v) is 7.29. The third-order valence-corrected chi connectivity index (χ3v) is 5.25. The van der Waals surface area contributed by atoms with Gasteiger partial charge in [-0.1, -0.05) is 41.4 Å². The van der Waals surface area contributed by atoms with Crippen molar-refractivity contribution in [3.05, 3.63) is 63.3 Å². The molecule has 0 unspecified atom stereocenters. The topological polar surface area (TPSA) is 66.1 Å². The number of anilines is 2. The molecular weight excluding hydrogens is 395 g/mol. The lowest BCUT2D eigenvalue weighted by Gasteiger charge is -2.17. The number of amides is 1. The van der Waals surface area contributed by atoms with Crippen molar-refractivity contribution in [2.45, 2.75) is 13.8 Å². The summed E-state index contributed by atoms with van der Waals surface area (Å²) in [4.78, 5) is 17.5. The first-order valence-corrected chi connectivity index (χ1v) is 9.73. The molecular formula is C21H22Cl2N4O. The van der Waals surface area contributed by atoms with Crippen LogP contribution in [-0.4, -0.2) is 31.0 Å². The van der Waals surface area contributed by atoms with Gasteiger partial charge in [-0.3, -0.25) is 9.78 Å². The van der Waals surface area contributed by atoms with Gasteiger partial charge in [-0.15, -0.1) is 0 Å². The summed E-state index contributed by atoms with van der Waals surface area (Å²) in [5.74, 6) is -0.368. The van der Waals surface area contributed by atoms with Crippen LogP contribution in [0.25, 0.3) is 10.9 Å². The Labute approximate surface area is 174 Å². The molecule has 2 aromatic carbocycles. The number of nitrogens with one attached hydrogen (secondary N) is 3. The molecule has 0 aliphatic carbocycles. The maximum Gasteiger partial charge on any atom is 0.258 e. The summed E-state index contributed by atoms with van der Waals surface area (Å²) in [6.07, 6.45) is 0. The largest absolute Gasteiger partial charge is 0.383 e. The molecule has 0 atom stereocenters. The van der Waals surface area contributed by atoms with Crippen LogP contribution in [0.2, 0.25) is 10.0 Å². The van der Waals surface area contributed by atoms with Crippen molar-refractivity contribution in [2.24, 2.45) is 0 Å². The molecule has 1 heterocycles. The summed E-state index contributed by atoms with van der Waals surface area (Å²) in [6.45, 7) is 5.62. The number of hydrogen-bond donors (Lipinski definition) is 3. The van der Waals surface area contributed by atoms with Crippen LogP contribution in [0.4, 0.5) is 11.4 Å². The lowest BCUT2D eigenvalue weighted by molar-refractivity contribution is 0.102. The van der Waals surface area contributed by atoms with Gasteiger partial charge in [0.1, 0.15) is 0 Å². The standard InChI is InChI=1S/C21H22Cl2N4O/c1-12-13(2)26-20-14(19(12)25-11-10-24-3)6-4-9-17(20)27-21(28)18-15(22)7-5-8-16(18)23/h4-9,24H,10-11H2,1-3H3,(H,25,26)(H,27,28). The van der Waals surface area contributed by atoms with Crippen molar-refractivity contribution in [3.63, 3.8) is 0 Å². The van der Waals surface area contributed by atoms with Gasteiger partial charge in [0, 0.05) is 29.9 Å². The first kappa shape index (κ1) is 20.4. The second kappa shape index (κ2) is 8.78. The highest BCUT2D eigenvalue weighted by Gasteiger charge is 2.17. The Hall–Kier alpha value is -2.34. The van der Waals surface area contributed by atoms with E-state index in [4.69, 9.17) is 28.2 Å². The smallest absolute Gasteiger partial charge is 0.258 e. The Bertz CT molecular complexity index is 1020. The SMILES string of the molecule is CNCCNc1c(C)c(C)nc2c(NC(=O)c3c(Cl)cccc3Cl)cccc12. The predicted octanol–water partition coefficient (Wildman–Crippen LogP) is 5.04. The maximum atomic E-state index is 12.8. The molecule has 146 valence electrons. The third-order valence-electron chi connectivity index (χ3n) is 4.62. The van der Waals surface area contributed by atoms with E-state index in [2.05, 4.69) is 16.0 Å². The summed E-state index contributed by atoms with van der Waals surface area (Å²) < 4.78 is 0. The summed E-state index contributed by atoms with van der Waals surface area (Å²) >= 11 is 12.3. The zero-order valence-electron chi connectivity index (χ0n) is 16.0. The lowest BCUT2D eigenvalue weighted by atomic mass is 10.1. The number of nitrogens with zero attached hydrogens (tertiary/aromatic N) is 1. The number of aryl methyl sites for hydroxylation is 1. The zero-order chi connectivity index (χ0) is 20.3. The fourth-order valence-corrected chi connectivity index (χ4v) is 3.61. The van der Waals surface area contributed by atoms with E-state index < -0.39 is 0 Å². The molecule has 0 aliphatic heterocycles. The number of rotatable bonds is 6. The van der Waals surface area contributed by atoms with Gasteiger partial charge in [-0.05, 0) is 44.7 Å². The highest BCUT2D eigenvalue weighted by atomic mass is 35.5. The van der Waals surface area contributed by atoms with Crippen LogP contribution in [0.1, 0.15) is 21.6 Å². The van der Waals surface area contributed by atoms with E-state index in [0.717, 1.165) is 35.4 Å². The van der Waals surface area contributed by atoms with Crippen LogP contribution in [0.15, 0.2) is 36.4 Å². The third kappa shape index (κ3) is 4.07. The summed E-state index contributed by atoms with van der Waals surface area (Å²) in [7, 11) is 1.91. The average Bonchev–Trinajstić information content (AvgIpc) is 2.65. The fourth-order valence-electron chi connectivity index (χ4n) is 3.04. The zero-order valence-corrected chi connectivity index (χ0v) is 17.5. The molecule has 0 spiro atoms. The van der Waals surface area contributed by atoms with E-state index >= 15 is 0 Å². The molecule has 3 aromatic rings. The molecule has 1 aromatic heterocycles. The van der Waals surface area contributed by atoms with Crippen molar-refractivity contribution in [1.82, 2.24) is 10.3 Å².